The van der Waals surface area contributed by atoms with E-state index in [1.165, 1.54) is 37.1 Å². The number of aliphatic imine (C=N–C) groups is 1. The van der Waals surface area contributed by atoms with E-state index in [9.17, 15) is 0 Å². The second kappa shape index (κ2) is 10.2. The van der Waals surface area contributed by atoms with Gasteiger partial charge in [-0.2, -0.15) is 0 Å². The fourth-order valence-corrected chi connectivity index (χ4v) is 3.17. The van der Waals surface area contributed by atoms with E-state index in [4.69, 9.17) is 4.99 Å². The molecule has 1 aliphatic rings. The standard InChI is InChI=1S/C19H32N4.HI/c1-16-6-8-18(9-7-16)15-23-12-10-17(11-13-23)14-20-19(21(2)3)22(4)5;/h6-9,17H,10-15H2,1-5H3;1H. The lowest BCUT2D eigenvalue weighted by Gasteiger charge is -2.32. The van der Waals surface area contributed by atoms with Crippen molar-refractivity contribution in [1.29, 1.82) is 0 Å². The first-order chi connectivity index (χ1) is 11.0. The van der Waals surface area contributed by atoms with Crippen LogP contribution in [0.2, 0.25) is 0 Å². The first-order valence-electron chi connectivity index (χ1n) is 8.62. The number of piperidine rings is 1. The van der Waals surface area contributed by atoms with E-state index in [1.54, 1.807) is 0 Å². The quantitative estimate of drug-likeness (QED) is 0.404. The van der Waals surface area contributed by atoms with Gasteiger partial charge in [0.15, 0.2) is 5.96 Å². The van der Waals surface area contributed by atoms with Crippen LogP contribution in [0.25, 0.3) is 0 Å². The Morgan fingerprint density at radius 2 is 1.58 bits per heavy atom. The van der Waals surface area contributed by atoms with Crippen LogP contribution in [0.4, 0.5) is 0 Å². The van der Waals surface area contributed by atoms with Gasteiger partial charge in [0, 0.05) is 41.3 Å². The van der Waals surface area contributed by atoms with Gasteiger partial charge >= 0.3 is 0 Å². The molecule has 1 fully saturated rings. The van der Waals surface area contributed by atoms with E-state index in [1.807, 2.05) is 0 Å². The molecule has 4 nitrogen and oxygen atoms in total. The summed E-state index contributed by atoms with van der Waals surface area (Å²) in [6.45, 7) is 6.55. The summed E-state index contributed by atoms with van der Waals surface area (Å²) in [7, 11) is 8.23. The van der Waals surface area contributed by atoms with Gasteiger partial charge in [-0.3, -0.25) is 9.89 Å². The van der Waals surface area contributed by atoms with Gasteiger partial charge in [0.1, 0.15) is 0 Å². The highest BCUT2D eigenvalue weighted by Gasteiger charge is 2.19. The average Bonchev–Trinajstić information content (AvgIpc) is 2.51. The third kappa shape index (κ3) is 6.59. The van der Waals surface area contributed by atoms with Crippen molar-refractivity contribution >= 4 is 29.9 Å². The van der Waals surface area contributed by atoms with E-state index in [-0.39, 0.29) is 24.0 Å². The van der Waals surface area contributed by atoms with E-state index in [2.05, 4.69) is 74.1 Å². The van der Waals surface area contributed by atoms with Crippen molar-refractivity contribution in [2.24, 2.45) is 10.9 Å². The second-order valence-electron chi connectivity index (χ2n) is 7.13. The molecule has 0 unspecified atom stereocenters. The zero-order chi connectivity index (χ0) is 16.8. The summed E-state index contributed by atoms with van der Waals surface area (Å²) in [6.07, 6.45) is 2.51. The minimum absolute atomic E-state index is 0. The molecular formula is C19H33IN4. The van der Waals surface area contributed by atoms with Gasteiger partial charge in [-0.25, -0.2) is 0 Å². The molecule has 5 heteroatoms. The Balaban J connectivity index is 0.00000288. The number of aryl methyl sites for hydroxylation is 1. The number of rotatable bonds is 4. The van der Waals surface area contributed by atoms with Gasteiger partial charge in [-0.1, -0.05) is 29.8 Å². The molecule has 1 heterocycles. The monoisotopic (exact) mass is 444 g/mol. The van der Waals surface area contributed by atoms with Crippen molar-refractivity contribution in [3.05, 3.63) is 35.4 Å². The third-order valence-corrected chi connectivity index (χ3v) is 4.52. The molecule has 0 spiro atoms. The molecule has 136 valence electrons. The van der Waals surface area contributed by atoms with Gasteiger partial charge in [0.25, 0.3) is 0 Å². The molecule has 2 rings (SSSR count). The van der Waals surface area contributed by atoms with Crippen LogP contribution in [-0.2, 0) is 6.54 Å². The van der Waals surface area contributed by atoms with Crippen molar-refractivity contribution < 1.29 is 0 Å². The zero-order valence-electron chi connectivity index (χ0n) is 15.8. The summed E-state index contributed by atoms with van der Waals surface area (Å²) < 4.78 is 0. The fourth-order valence-electron chi connectivity index (χ4n) is 3.17. The van der Waals surface area contributed by atoms with Crippen LogP contribution in [-0.4, -0.2) is 68.5 Å². The van der Waals surface area contributed by atoms with E-state index >= 15 is 0 Å². The van der Waals surface area contributed by atoms with Crippen LogP contribution in [0.1, 0.15) is 24.0 Å². The normalized spacial score (nSPS) is 15.5. The van der Waals surface area contributed by atoms with Crippen molar-refractivity contribution in [3.8, 4) is 0 Å². The van der Waals surface area contributed by atoms with Gasteiger partial charge in [0.05, 0.1) is 0 Å². The Kier molecular flexibility index (Phi) is 9.05. The topological polar surface area (TPSA) is 22.1 Å². The maximum absolute atomic E-state index is 4.82. The Labute approximate surface area is 164 Å². The fraction of sp³-hybridized carbons (Fsp3) is 0.632. The van der Waals surface area contributed by atoms with Crippen LogP contribution in [0.5, 0.6) is 0 Å². The summed E-state index contributed by atoms with van der Waals surface area (Å²) in [5.41, 5.74) is 2.76. The molecule has 24 heavy (non-hydrogen) atoms. The van der Waals surface area contributed by atoms with Gasteiger partial charge in [0.2, 0.25) is 0 Å². The minimum atomic E-state index is 0. The Morgan fingerprint density at radius 1 is 1.04 bits per heavy atom. The first-order valence-corrected chi connectivity index (χ1v) is 8.62. The third-order valence-electron chi connectivity index (χ3n) is 4.52. The van der Waals surface area contributed by atoms with E-state index in [0.29, 0.717) is 0 Å². The smallest absolute Gasteiger partial charge is 0.195 e. The number of guanidine groups is 1. The van der Waals surface area contributed by atoms with E-state index in [0.717, 1.165) is 25.0 Å². The number of hydrogen-bond donors (Lipinski definition) is 0. The minimum Gasteiger partial charge on any atom is -0.349 e. The molecular weight excluding hydrogens is 411 g/mol. The molecule has 0 amide bonds. The molecule has 1 aromatic carbocycles. The van der Waals surface area contributed by atoms with E-state index < -0.39 is 0 Å². The molecule has 1 saturated heterocycles. The molecule has 0 N–H and O–H groups in total. The highest BCUT2D eigenvalue weighted by atomic mass is 127. The highest BCUT2D eigenvalue weighted by Crippen LogP contribution is 2.19. The zero-order valence-corrected chi connectivity index (χ0v) is 18.2. The van der Waals surface area contributed by atoms with Crippen LogP contribution < -0.4 is 0 Å². The Morgan fingerprint density at radius 3 is 2.08 bits per heavy atom. The second-order valence-corrected chi connectivity index (χ2v) is 7.13. The highest BCUT2D eigenvalue weighted by molar-refractivity contribution is 14.0. The summed E-state index contributed by atoms with van der Waals surface area (Å²) in [6, 6.07) is 8.93. The molecule has 0 radical (unpaired) electrons. The average molecular weight is 444 g/mol. The molecule has 1 aromatic rings. The Bertz CT molecular complexity index is 493. The lowest BCUT2D eigenvalue weighted by atomic mass is 9.96. The van der Waals surface area contributed by atoms with Crippen molar-refractivity contribution in [3.63, 3.8) is 0 Å². The molecule has 1 aliphatic heterocycles. The van der Waals surface area contributed by atoms with Crippen LogP contribution in [0, 0.1) is 12.8 Å². The summed E-state index contributed by atoms with van der Waals surface area (Å²) in [5.74, 6) is 1.78. The van der Waals surface area contributed by atoms with Crippen molar-refractivity contribution in [2.75, 3.05) is 47.8 Å². The molecule has 0 aliphatic carbocycles. The first kappa shape index (κ1) is 21.2. The Hall–Kier alpha value is -0.820. The molecule has 0 bridgehead atoms. The van der Waals surface area contributed by atoms with Crippen molar-refractivity contribution in [1.82, 2.24) is 14.7 Å². The predicted octanol–water partition coefficient (Wildman–Crippen LogP) is 3.30. The molecule has 0 aromatic heterocycles. The SMILES string of the molecule is Cc1ccc(CN2CCC(CN=C(N(C)C)N(C)C)CC2)cc1.I. The summed E-state index contributed by atoms with van der Waals surface area (Å²) in [4.78, 5) is 11.6. The largest absolute Gasteiger partial charge is 0.349 e. The van der Waals surface area contributed by atoms with Crippen molar-refractivity contribution in [2.45, 2.75) is 26.3 Å². The van der Waals surface area contributed by atoms with Crippen LogP contribution >= 0.6 is 24.0 Å². The lowest BCUT2D eigenvalue weighted by Crippen LogP contribution is -2.37. The number of halogens is 1. The van der Waals surface area contributed by atoms with Gasteiger partial charge in [-0.05, 0) is 44.3 Å². The number of likely N-dealkylation sites (tertiary alicyclic amines) is 1. The summed E-state index contributed by atoms with van der Waals surface area (Å²) in [5, 5.41) is 0. The molecule has 0 atom stereocenters. The van der Waals surface area contributed by atoms with Crippen LogP contribution in [0.15, 0.2) is 29.3 Å². The number of nitrogens with zero attached hydrogens (tertiary/aromatic N) is 4. The summed E-state index contributed by atoms with van der Waals surface area (Å²) >= 11 is 0. The van der Waals surface area contributed by atoms with Gasteiger partial charge in [-0.15, -0.1) is 24.0 Å². The number of hydrogen-bond acceptors (Lipinski definition) is 2. The van der Waals surface area contributed by atoms with Crippen LogP contribution in [0.3, 0.4) is 0 Å². The maximum Gasteiger partial charge on any atom is 0.195 e. The molecule has 0 saturated carbocycles. The maximum atomic E-state index is 4.82. The lowest BCUT2D eigenvalue weighted by molar-refractivity contribution is 0.180. The number of benzene rings is 1. The van der Waals surface area contributed by atoms with Gasteiger partial charge < -0.3 is 9.80 Å². The predicted molar refractivity (Wildman–Crippen MR) is 114 cm³/mol.